The maximum atomic E-state index is 13.8. The molecule has 2 aliphatic rings. The van der Waals surface area contributed by atoms with Gasteiger partial charge >= 0.3 is 7.12 Å². The Bertz CT molecular complexity index is 1340. The van der Waals surface area contributed by atoms with Crippen LogP contribution in [-0.4, -0.2) is 57.0 Å². The summed E-state index contributed by atoms with van der Waals surface area (Å²) in [4.78, 5) is 28.0. The summed E-state index contributed by atoms with van der Waals surface area (Å²) in [7, 11) is -1.76. The van der Waals surface area contributed by atoms with Crippen molar-refractivity contribution in [3.8, 4) is 5.75 Å². The van der Waals surface area contributed by atoms with E-state index in [1.165, 1.54) is 30.3 Å². The van der Waals surface area contributed by atoms with Gasteiger partial charge in [0.05, 0.1) is 30.2 Å². The van der Waals surface area contributed by atoms with E-state index in [4.69, 9.17) is 0 Å². The Morgan fingerprint density at radius 2 is 1.90 bits per heavy atom. The number of hydrogen-bond acceptors (Lipinski definition) is 7. The number of nitrogens with zero attached hydrogens (tertiary/aromatic N) is 1. The lowest BCUT2D eigenvalue weighted by atomic mass is 9.68. The van der Waals surface area contributed by atoms with Crippen molar-refractivity contribution in [3.05, 3.63) is 70.6 Å². The number of fused-ring (bicyclic) bond motifs is 1. The second-order valence-corrected chi connectivity index (χ2v) is 10.7. The van der Waals surface area contributed by atoms with Crippen LogP contribution in [-0.2, 0) is 9.59 Å². The molecule has 8 nitrogen and oxygen atoms in total. The highest BCUT2D eigenvalue weighted by Crippen LogP contribution is 2.47. The molecule has 2 aromatic rings. The molecule has 0 bridgehead atoms. The largest absolute Gasteiger partial charge is 0.505 e. The number of anilines is 1. The molecule has 0 saturated carbocycles. The molecule has 2 amide bonds. The number of hydrogen-bond donors (Lipinski definition) is 5. The number of carbonyl (C=O) groups excluding carboxylic acids is 2. The zero-order chi connectivity index (χ0) is 29.1. The fraction of sp³-hybridized carbons (Fsp3) is 0.400. The Labute approximate surface area is 233 Å². The number of phenols is 1. The van der Waals surface area contributed by atoms with Crippen LogP contribution >= 0.6 is 0 Å². The Balaban J connectivity index is 1.56. The topological polar surface area (TPSA) is 139 Å². The highest BCUT2D eigenvalue weighted by molar-refractivity contribution is 6.58. The van der Waals surface area contributed by atoms with E-state index >= 15 is 0 Å². The summed E-state index contributed by atoms with van der Waals surface area (Å²) in [6.45, 7) is 3.41. The summed E-state index contributed by atoms with van der Waals surface area (Å²) < 4.78 is 13.8. The van der Waals surface area contributed by atoms with E-state index in [1.54, 1.807) is 12.1 Å². The summed E-state index contributed by atoms with van der Waals surface area (Å²) in [5.41, 5.74) is 3.29. The standard InChI is InChI=1S/C30H35BFNO7/c1-3-5-18(13-19-9-10-25(35)24(32)14-19)8-11-26(36)27-17(2)12-22-28(23(27)16-34)30(38)33(29(22)37)21-7-4-6-20(15-21)31(39)40/h4,6-7,9-10,13-15,22-23,26,28,34-36,39-40H,3,5,8,11-12,16H2,1-2H3/b18-13+/t22-,23+,26-,28-/m1/s1. The molecule has 2 aromatic carbocycles. The molecule has 5 N–H and O–H groups in total. The molecule has 10 heteroatoms. The third kappa shape index (κ3) is 5.90. The van der Waals surface area contributed by atoms with E-state index < -0.39 is 61.0 Å². The molecule has 1 heterocycles. The van der Waals surface area contributed by atoms with Crippen molar-refractivity contribution in [1.29, 1.82) is 0 Å². The predicted molar refractivity (Wildman–Crippen MR) is 150 cm³/mol. The van der Waals surface area contributed by atoms with Crippen molar-refractivity contribution in [1.82, 2.24) is 0 Å². The van der Waals surface area contributed by atoms with Crippen LogP contribution in [0.4, 0.5) is 10.1 Å². The van der Waals surface area contributed by atoms with E-state index in [1.807, 2.05) is 19.9 Å². The summed E-state index contributed by atoms with van der Waals surface area (Å²) in [5, 5.41) is 50.2. The molecule has 1 fully saturated rings. The zero-order valence-corrected chi connectivity index (χ0v) is 22.6. The van der Waals surface area contributed by atoms with Crippen LogP contribution in [0.5, 0.6) is 5.75 Å². The smallest absolute Gasteiger partial charge is 0.488 e. The second-order valence-electron chi connectivity index (χ2n) is 10.7. The third-order valence-electron chi connectivity index (χ3n) is 7.96. The number of aliphatic hydroxyl groups is 2. The minimum absolute atomic E-state index is 0.142. The summed E-state index contributed by atoms with van der Waals surface area (Å²) in [5.74, 6) is -4.32. The average molecular weight is 551 g/mol. The maximum Gasteiger partial charge on any atom is 0.488 e. The lowest BCUT2D eigenvalue weighted by Gasteiger charge is -2.35. The van der Waals surface area contributed by atoms with Crippen LogP contribution in [0.2, 0.25) is 0 Å². The van der Waals surface area contributed by atoms with Gasteiger partial charge in [-0.15, -0.1) is 0 Å². The molecule has 1 saturated heterocycles. The van der Waals surface area contributed by atoms with Crippen LogP contribution < -0.4 is 10.4 Å². The summed E-state index contributed by atoms with van der Waals surface area (Å²) >= 11 is 0. The first-order valence-electron chi connectivity index (χ1n) is 13.6. The highest BCUT2D eigenvalue weighted by Gasteiger charge is 2.54. The number of rotatable bonds is 10. The molecule has 1 aliphatic carbocycles. The summed E-state index contributed by atoms with van der Waals surface area (Å²) in [6.07, 6.45) is 3.53. The highest BCUT2D eigenvalue weighted by atomic mass is 19.1. The van der Waals surface area contributed by atoms with Gasteiger partial charge in [0.15, 0.2) is 11.6 Å². The molecule has 0 aromatic heterocycles. The number of imide groups is 1. The van der Waals surface area contributed by atoms with Gasteiger partial charge in [-0.1, -0.05) is 48.8 Å². The van der Waals surface area contributed by atoms with E-state index in [2.05, 4.69) is 0 Å². The Kier molecular flexibility index (Phi) is 9.25. The number of carbonyl (C=O) groups is 2. The molecule has 212 valence electrons. The van der Waals surface area contributed by atoms with E-state index in [0.29, 0.717) is 24.0 Å². The molecule has 40 heavy (non-hydrogen) atoms. The van der Waals surface area contributed by atoms with Crippen LogP contribution in [0.25, 0.3) is 6.08 Å². The Hall–Kier alpha value is -3.31. The molecule has 0 radical (unpaired) electrons. The second kappa shape index (κ2) is 12.5. The number of benzene rings is 2. The van der Waals surface area contributed by atoms with Gasteiger partial charge in [-0.3, -0.25) is 14.5 Å². The Morgan fingerprint density at radius 3 is 2.55 bits per heavy atom. The van der Waals surface area contributed by atoms with E-state index in [0.717, 1.165) is 28.9 Å². The lowest BCUT2D eigenvalue weighted by molar-refractivity contribution is -0.123. The molecule has 0 spiro atoms. The fourth-order valence-electron chi connectivity index (χ4n) is 6.11. The van der Waals surface area contributed by atoms with E-state index in [9.17, 15) is 39.3 Å². The van der Waals surface area contributed by atoms with Crippen molar-refractivity contribution >= 4 is 36.2 Å². The molecular formula is C30H35BFNO7. The molecule has 1 aliphatic heterocycles. The Morgan fingerprint density at radius 1 is 1.15 bits per heavy atom. The van der Waals surface area contributed by atoms with Crippen molar-refractivity contribution in [2.75, 3.05) is 11.5 Å². The number of phenolic OH excluding ortho intramolecular Hbond substituents is 1. The third-order valence-corrected chi connectivity index (χ3v) is 7.96. The minimum atomic E-state index is -1.76. The van der Waals surface area contributed by atoms with Gasteiger partial charge in [0.2, 0.25) is 11.8 Å². The first kappa shape index (κ1) is 29.7. The van der Waals surface area contributed by atoms with Crippen LogP contribution in [0, 0.1) is 23.6 Å². The van der Waals surface area contributed by atoms with Gasteiger partial charge in [-0.2, -0.15) is 0 Å². The first-order chi connectivity index (χ1) is 19.1. The number of halogens is 1. The number of allylic oxidation sites excluding steroid dienone is 2. The van der Waals surface area contributed by atoms with Crippen molar-refractivity contribution in [2.45, 2.75) is 52.1 Å². The van der Waals surface area contributed by atoms with Crippen molar-refractivity contribution < 1.29 is 39.3 Å². The van der Waals surface area contributed by atoms with Crippen molar-refractivity contribution in [2.24, 2.45) is 17.8 Å². The fourth-order valence-corrected chi connectivity index (χ4v) is 6.11. The predicted octanol–water partition coefficient (Wildman–Crippen LogP) is 2.67. The quantitative estimate of drug-likeness (QED) is 0.174. The molecule has 0 unspecified atom stereocenters. The zero-order valence-electron chi connectivity index (χ0n) is 22.6. The van der Waals surface area contributed by atoms with Gasteiger partial charge in [0.25, 0.3) is 0 Å². The van der Waals surface area contributed by atoms with Gasteiger partial charge in [-0.05, 0) is 73.5 Å². The molecular weight excluding hydrogens is 516 g/mol. The SMILES string of the molecule is CCC/C(=C\c1ccc(O)c(F)c1)CC[C@@H](O)C1=C(C)C[C@H]2C(=O)N(c3cccc(B(O)O)c3)C(=O)[C@H]2[C@H]1CO. The first-order valence-corrected chi connectivity index (χ1v) is 13.6. The van der Waals surface area contributed by atoms with Gasteiger partial charge < -0.3 is 25.4 Å². The van der Waals surface area contributed by atoms with Gasteiger partial charge in [-0.25, -0.2) is 4.39 Å². The number of amides is 2. The maximum absolute atomic E-state index is 13.8. The lowest BCUT2D eigenvalue weighted by Crippen LogP contribution is -2.39. The number of aromatic hydroxyl groups is 1. The van der Waals surface area contributed by atoms with Gasteiger partial charge in [0, 0.05) is 5.92 Å². The van der Waals surface area contributed by atoms with E-state index in [-0.39, 0.29) is 17.6 Å². The minimum Gasteiger partial charge on any atom is -0.505 e. The monoisotopic (exact) mass is 551 g/mol. The van der Waals surface area contributed by atoms with Crippen LogP contribution in [0.3, 0.4) is 0 Å². The van der Waals surface area contributed by atoms with Crippen molar-refractivity contribution in [3.63, 3.8) is 0 Å². The van der Waals surface area contributed by atoms with Gasteiger partial charge in [0.1, 0.15) is 0 Å². The normalized spacial score (nSPS) is 22.1. The molecule has 4 rings (SSSR count). The van der Waals surface area contributed by atoms with Crippen LogP contribution in [0.15, 0.2) is 59.2 Å². The summed E-state index contributed by atoms with van der Waals surface area (Å²) in [6, 6.07) is 10.1. The van der Waals surface area contributed by atoms with Crippen LogP contribution in [0.1, 0.15) is 51.5 Å². The average Bonchev–Trinajstić information content (AvgIpc) is 3.17. The number of aliphatic hydroxyl groups excluding tert-OH is 2. The molecule has 4 atom stereocenters.